The third-order valence-corrected chi connectivity index (χ3v) is 3.01. The number of nitrogens with zero attached hydrogens (tertiary/aromatic N) is 1. The first-order chi connectivity index (χ1) is 8.60. The summed E-state index contributed by atoms with van der Waals surface area (Å²) >= 11 is 0. The van der Waals surface area contributed by atoms with Gasteiger partial charge in [-0.05, 0) is 32.1 Å². The van der Waals surface area contributed by atoms with Crippen molar-refractivity contribution < 1.29 is 9.21 Å². The number of amides is 1. The first-order valence-corrected chi connectivity index (χ1v) is 6.40. The van der Waals surface area contributed by atoms with E-state index in [1.54, 1.807) is 13.2 Å². The molecular formula is C13H23N3O2. The van der Waals surface area contributed by atoms with Crippen molar-refractivity contribution in [2.45, 2.75) is 32.9 Å². The Morgan fingerprint density at radius 1 is 1.50 bits per heavy atom. The molecule has 0 aliphatic rings. The minimum atomic E-state index is -0.487. The zero-order valence-electron chi connectivity index (χ0n) is 11.3. The van der Waals surface area contributed by atoms with Gasteiger partial charge in [-0.1, -0.05) is 13.8 Å². The van der Waals surface area contributed by atoms with E-state index in [0.717, 1.165) is 18.8 Å². The Hall–Kier alpha value is -1.33. The molecule has 0 saturated heterocycles. The lowest BCUT2D eigenvalue weighted by Gasteiger charge is -2.28. The van der Waals surface area contributed by atoms with Crippen molar-refractivity contribution in [2.75, 3.05) is 19.6 Å². The normalized spacial score (nSPS) is 14.5. The van der Waals surface area contributed by atoms with E-state index in [1.807, 2.05) is 12.1 Å². The highest BCUT2D eigenvalue weighted by Crippen LogP contribution is 2.20. The van der Waals surface area contributed by atoms with E-state index in [1.165, 1.54) is 0 Å². The van der Waals surface area contributed by atoms with Gasteiger partial charge < -0.3 is 15.5 Å². The van der Waals surface area contributed by atoms with Crippen LogP contribution < -0.4 is 11.1 Å². The molecule has 5 nitrogen and oxygen atoms in total. The van der Waals surface area contributed by atoms with Gasteiger partial charge in [-0.3, -0.25) is 9.69 Å². The van der Waals surface area contributed by atoms with Gasteiger partial charge in [-0.15, -0.1) is 0 Å². The molecule has 18 heavy (non-hydrogen) atoms. The van der Waals surface area contributed by atoms with Crippen LogP contribution in [-0.2, 0) is 4.79 Å². The monoisotopic (exact) mass is 253 g/mol. The van der Waals surface area contributed by atoms with Crippen molar-refractivity contribution in [1.82, 2.24) is 10.2 Å². The van der Waals surface area contributed by atoms with Crippen molar-refractivity contribution in [3.63, 3.8) is 0 Å². The van der Waals surface area contributed by atoms with Crippen molar-refractivity contribution in [3.8, 4) is 0 Å². The molecule has 0 aliphatic heterocycles. The fourth-order valence-electron chi connectivity index (χ4n) is 1.91. The summed E-state index contributed by atoms with van der Waals surface area (Å²) in [6.07, 6.45) is 1.65. The van der Waals surface area contributed by atoms with Gasteiger partial charge in [0.25, 0.3) is 0 Å². The number of hydrogen-bond acceptors (Lipinski definition) is 4. The molecule has 2 unspecified atom stereocenters. The third-order valence-electron chi connectivity index (χ3n) is 3.01. The van der Waals surface area contributed by atoms with Crippen LogP contribution in [0.5, 0.6) is 0 Å². The van der Waals surface area contributed by atoms with Crippen LogP contribution in [0.25, 0.3) is 0 Å². The lowest BCUT2D eigenvalue weighted by molar-refractivity contribution is -0.122. The smallest absolute Gasteiger partial charge is 0.236 e. The lowest BCUT2D eigenvalue weighted by Crippen LogP contribution is -2.43. The summed E-state index contributed by atoms with van der Waals surface area (Å²) in [7, 11) is 0. The summed E-state index contributed by atoms with van der Waals surface area (Å²) in [5, 5.41) is 2.85. The molecule has 2 atom stereocenters. The molecule has 0 radical (unpaired) electrons. The highest BCUT2D eigenvalue weighted by atomic mass is 16.3. The molecule has 0 bridgehead atoms. The summed E-state index contributed by atoms with van der Waals surface area (Å²) in [4.78, 5) is 13.8. The number of hydrogen-bond donors (Lipinski definition) is 2. The number of carbonyl (C=O) groups is 1. The Balaban J connectivity index is 2.70. The highest BCUT2D eigenvalue weighted by Gasteiger charge is 2.21. The topological polar surface area (TPSA) is 71.5 Å². The van der Waals surface area contributed by atoms with Gasteiger partial charge in [0, 0.05) is 6.54 Å². The Labute approximate surface area is 108 Å². The molecule has 1 aromatic heterocycles. The predicted molar refractivity (Wildman–Crippen MR) is 71.0 cm³/mol. The molecule has 0 aliphatic carbocycles. The molecule has 1 amide bonds. The number of likely N-dealkylation sites (N-methyl/N-ethyl adjacent to an activating group) is 1. The van der Waals surface area contributed by atoms with E-state index in [9.17, 15) is 4.79 Å². The highest BCUT2D eigenvalue weighted by molar-refractivity contribution is 5.80. The summed E-state index contributed by atoms with van der Waals surface area (Å²) in [6, 6.07) is 3.36. The molecule has 0 aromatic carbocycles. The average Bonchev–Trinajstić information content (AvgIpc) is 2.87. The second kappa shape index (κ2) is 7.18. The zero-order chi connectivity index (χ0) is 13.5. The van der Waals surface area contributed by atoms with Gasteiger partial charge in [0.1, 0.15) is 5.76 Å². The Morgan fingerprint density at radius 3 is 2.61 bits per heavy atom. The third kappa shape index (κ3) is 3.85. The van der Waals surface area contributed by atoms with Crippen LogP contribution in [0.3, 0.4) is 0 Å². The van der Waals surface area contributed by atoms with Gasteiger partial charge in [-0.25, -0.2) is 0 Å². The van der Waals surface area contributed by atoms with Crippen molar-refractivity contribution in [2.24, 2.45) is 5.73 Å². The molecule has 1 rings (SSSR count). The maximum Gasteiger partial charge on any atom is 0.236 e. The van der Waals surface area contributed by atoms with Gasteiger partial charge >= 0.3 is 0 Å². The van der Waals surface area contributed by atoms with Crippen molar-refractivity contribution in [3.05, 3.63) is 24.2 Å². The molecule has 0 spiro atoms. The van der Waals surface area contributed by atoms with Crippen LogP contribution in [0.4, 0.5) is 0 Å². The zero-order valence-corrected chi connectivity index (χ0v) is 11.3. The Bertz CT molecular complexity index is 345. The average molecular weight is 253 g/mol. The van der Waals surface area contributed by atoms with Crippen LogP contribution in [0.15, 0.2) is 22.8 Å². The second-order valence-electron chi connectivity index (χ2n) is 4.29. The van der Waals surface area contributed by atoms with Crippen molar-refractivity contribution in [1.29, 1.82) is 0 Å². The molecule has 1 heterocycles. The van der Waals surface area contributed by atoms with Gasteiger partial charge in [-0.2, -0.15) is 0 Å². The second-order valence-corrected chi connectivity index (χ2v) is 4.29. The fourth-order valence-corrected chi connectivity index (χ4v) is 1.91. The fraction of sp³-hybridized carbons (Fsp3) is 0.615. The van der Waals surface area contributed by atoms with Crippen LogP contribution in [0.1, 0.15) is 32.6 Å². The molecule has 102 valence electrons. The molecule has 5 heteroatoms. The van der Waals surface area contributed by atoms with E-state index in [4.69, 9.17) is 10.2 Å². The van der Waals surface area contributed by atoms with E-state index in [0.29, 0.717) is 6.54 Å². The van der Waals surface area contributed by atoms with Crippen LogP contribution in [0, 0.1) is 0 Å². The maximum absolute atomic E-state index is 11.5. The molecular weight excluding hydrogens is 230 g/mol. The molecule has 1 aromatic rings. The Morgan fingerprint density at radius 2 is 2.17 bits per heavy atom. The molecule has 0 fully saturated rings. The summed E-state index contributed by atoms with van der Waals surface area (Å²) in [6.45, 7) is 8.16. The SMILES string of the molecule is CCN(CC)C(CNC(=O)C(C)N)c1ccco1. The largest absolute Gasteiger partial charge is 0.468 e. The first-order valence-electron chi connectivity index (χ1n) is 6.40. The van der Waals surface area contributed by atoms with Crippen molar-refractivity contribution >= 4 is 5.91 Å². The standard InChI is InChI=1S/C13H23N3O2/c1-4-16(5-2)11(12-7-6-8-18-12)9-15-13(17)10(3)14/h6-8,10-11H,4-5,9,14H2,1-3H3,(H,15,17). The molecule has 0 saturated carbocycles. The Kier molecular flexibility index (Phi) is 5.88. The summed E-state index contributed by atoms with van der Waals surface area (Å²) < 4.78 is 5.45. The summed E-state index contributed by atoms with van der Waals surface area (Å²) in [5.74, 6) is 0.724. The van der Waals surface area contributed by atoms with Crippen LogP contribution in [-0.4, -0.2) is 36.5 Å². The number of furan rings is 1. The van der Waals surface area contributed by atoms with Crippen LogP contribution in [0.2, 0.25) is 0 Å². The molecule has 3 N–H and O–H groups in total. The quantitative estimate of drug-likeness (QED) is 0.764. The number of nitrogens with one attached hydrogen (secondary N) is 1. The van der Waals surface area contributed by atoms with Gasteiger partial charge in [0.15, 0.2) is 0 Å². The van der Waals surface area contributed by atoms with E-state index in [2.05, 4.69) is 24.1 Å². The minimum absolute atomic E-state index is 0.0534. The number of carbonyl (C=O) groups excluding carboxylic acids is 1. The number of nitrogens with two attached hydrogens (primary N) is 1. The predicted octanol–water partition coefficient (Wildman–Crippen LogP) is 1.13. The van der Waals surface area contributed by atoms with E-state index >= 15 is 0 Å². The van der Waals surface area contributed by atoms with Crippen LogP contribution >= 0.6 is 0 Å². The van der Waals surface area contributed by atoms with Gasteiger partial charge in [0.2, 0.25) is 5.91 Å². The minimum Gasteiger partial charge on any atom is -0.468 e. The first kappa shape index (κ1) is 14.7. The van der Waals surface area contributed by atoms with E-state index < -0.39 is 6.04 Å². The van der Waals surface area contributed by atoms with E-state index in [-0.39, 0.29) is 11.9 Å². The summed E-state index contributed by atoms with van der Waals surface area (Å²) in [5.41, 5.74) is 5.53. The van der Waals surface area contributed by atoms with Gasteiger partial charge in [0.05, 0.1) is 18.3 Å². The number of rotatable bonds is 7. The maximum atomic E-state index is 11.5. The lowest BCUT2D eigenvalue weighted by atomic mass is 10.1.